The minimum Gasteiger partial charge on any atom is -0.0619 e. The monoisotopic (exact) mass is 414 g/mol. The van der Waals surface area contributed by atoms with Gasteiger partial charge in [0.1, 0.15) is 0 Å². The average Bonchev–Trinajstić information content (AvgIpc) is 3.27. The zero-order valence-corrected chi connectivity index (χ0v) is 18.9. The highest BCUT2D eigenvalue weighted by atomic mass is 14.3. The maximum atomic E-state index is 2.46. The molecule has 4 bridgehead atoms. The van der Waals surface area contributed by atoms with Crippen molar-refractivity contribution < 1.29 is 0 Å². The van der Waals surface area contributed by atoms with Gasteiger partial charge in [-0.3, -0.25) is 0 Å². The highest BCUT2D eigenvalue weighted by Crippen LogP contribution is 2.42. The fourth-order valence-corrected chi connectivity index (χ4v) is 5.94. The van der Waals surface area contributed by atoms with Crippen LogP contribution in [-0.2, 0) is 19.3 Å². The van der Waals surface area contributed by atoms with Crippen molar-refractivity contribution >= 4 is 16.8 Å². The van der Waals surface area contributed by atoms with E-state index in [1.807, 2.05) is 0 Å². The standard InChI is InChI=1S/C32H30/c1-22-19-32(28-20-26-8-2-3-9-27(26)21-28)25-15-13-23(14-16-25)7-6-10-24-17-18-29(22)31-12-5-4-11-30(24)31/h2-5,8-9,11-18,20,22,32H,6-7,10,19,21H2,1H3/t22-,32+/m1/s1. The molecular weight excluding hydrogens is 384 g/mol. The Labute approximate surface area is 191 Å². The third-order valence-corrected chi connectivity index (χ3v) is 7.70. The van der Waals surface area contributed by atoms with E-state index < -0.39 is 0 Å². The Balaban J connectivity index is 1.46. The molecule has 0 heterocycles. The van der Waals surface area contributed by atoms with Gasteiger partial charge in [0.15, 0.2) is 0 Å². The van der Waals surface area contributed by atoms with E-state index in [2.05, 4.69) is 97.9 Å². The Morgan fingerprint density at radius 2 is 1.47 bits per heavy atom. The molecule has 4 aromatic carbocycles. The van der Waals surface area contributed by atoms with Crippen molar-refractivity contribution in [2.45, 2.75) is 50.9 Å². The molecule has 0 saturated heterocycles. The molecule has 5 aliphatic rings. The van der Waals surface area contributed by atoms with Gasteiger partial charge in [0, 0.05) is 5.92 Å². The summed E-state index contributed by atoms with van der Waals surface area (Å²) >= 11 is 0. The van der Waals surface area contributed by atoms with Gasteiger partial charge in [-0.25, -0.2) is 0 Å². The summed E-state index contributed by atoms with van der Waals surface area (Å²) in [5.74, 6) is 0.944. The minimum atomic E-state index is 0.452. The van der Waals surface area contributed by atoms with Crippen LogP contribution in [0.3, 0.4) is 0 Å². The van der Waals surface area contributed by atoms with E-state index in [1.54, 1.807) is 5.57 Å². The predicted molar refractivity (Wildman–Crippen MR) is 136 cm³/mol. The van der Waals surface area contributed by atoms with Crippen LogP contribution in [0, 0.1) is 0 Å². The van der Waals surface area contributed by atoms with Crippen molar-refractivity contribution in [3.8, 4) is 0 Å². The zero-order chi connectivity index (χ0) is 21.5. The van der Waals surface area contributed by atoms with Crippen molar-refractivity contribution in [1.82, 2.24) is 0 Å². The molecule has 0 N–H and O–H groups in total. The van der Waals surface area contributed by atoms with E-state index in [4.69, 9.17) is 0 Å². The number of hydrogen-bond donors (Lipinski definition) is 0. The van der Waals surface area contributed by atoms with Gasteiger partial charge < -0.3 is 0 Å². The third-order valence-electron chi connectivity index (χ3n) is 7.70. The molecule has 0 heteroatoms. The molecule has 0 unspecified atom stereocenters. The van der Waals surface area contributed by atoms with Gasteiger partial charge in [0.05, 0.1) is 0 Å². The zero-order valence-electron chi connectivity index (χ0n) is 18.9. The first kappa shape index (κ1) is 19.6. The maximum Gasteiger partial charge on any atom is 0.00605 e. The van der Waals surface area contributed by atoms with Crippen LogP contribution in [0.25, 0.3) is 16.8 Å². The second-order valence-electron chi connectivity index (χ2n) is 9.74. The molecule has 158 valence electrons. The third kappa shape index (κ3) is 3.48. The van der Waals surface area contributed by atoms with Crippen molar-refractivity contribution in [2.24, 2.45) is 0 Å². The summed E-state index contributed by atoms with van der Waals surface area (Å²) in [6, 6.07) is 32.4. The van der Waals surface area contributed by atoms with Crippen LogP contribution in [0.15, 0.2) is 90.5 Å². The Morgan fingerprint density at radius 1 is 0.688 bits per heavy atom. The molecule has 0 nitrogen and oxygen atoms in total. The fraction of sp³-hybridized carbons (Fsp3) is 0.250. The molecular formula is C32H30. The summed E-state index contributed by atoms with van der Waals surface area (Å²) < 4.78 is 0. The van der Waals surface area contributed by atoms with E-state index >= 15 is 0 Å². The van der Waals surface area contributed by atoms with E-state index in [9.17, 15) is 0 Å². The van der Waals surface area contributed by atoms with Crippen LogP contribution in [0.4, 0.5) is 0 Å². The van der Waals surface area contributed by atoms with Crippen LogP contribution in [-0.4, -0.2) is 0 Å². The van der Waals surface area contributed by atoms with Gasteiger partial charge in [-0.1, -0.05) is 104 Å². The van der Waals surface area contributed by atoms with Gasteiger partial charge in [-0.05, 0) is 82.2 Å². The molecule has 32 heavy (non-hydrogen) atoms. The lowest BCUT2D eigenvalue weighted by molar-refractivity contribution is 0.608. The number of fused-ring (bicyclic) bond motifs is 1. The Morgan fingerprint density at radius 3 is 2.31 bits per heavy atom. The summed E-state index contributed by atoms with van der Waals surface area (Å²) in [4.78, 5) is 0. The first-order valence-electron chi connectivity index (χ1n) is 12.1. The lowest BCUT2D eigenvalue weighted by atomic mass is 9.79. The van der Waals surface area contributed by atoms with Gasteiger partial charge in [0.2, 0.25) is 0 Å². The van der Waals surface area contributed by atoms with E-state index in [0.29, 0.717) is 11.8 Å². The summed E-state index contributed by atoms with van der Waals surface area (Å²) in [6.07, 6.45) is 8.17. The van der Waals surface area contributed by atoms with E-state index in [0.717, 1.165) is 25.7 Å². The van der Waals surface area contributed by atoms with E-state index in [1.165, 1.54) is 50.6 Å². The molecule has 2 atom stereocenters. The van der Waals surface area contributed by atoms with Crippen LogP contribution in [0.2, 0.25) is 0 Å². The lowest BCUT2D eigenvalue weighted by Crippen LogP contribution is -2.09. The van der Waals surface area contributed by atoms with Crippen LogP contribution in [0.5, 0.6) is 0 Å². The lowest BCUT2D eigenvalue weighted by Gasteiger charge is -2.25. The first-order valence-corrected chi connectivity index (χ1v) is 12.1. The van der Waals surface area contributed by atoms with Crippen molar-refractivity contribution in [2.75, 3.05) is 0 Å². The number of hydrogen-bond acceptors (Lipinski definition) is 0. The molecule has 0 aliphatic heterocycles. The summed E-state index contributed by atoms with van der Waals surface area (Å²) in [5, 5.41) is 2.90. The number of allylic oxidation sites excluding steroid dienone is 1. The van der Waals surface area contributed by atoms with Crippen molar-refractivity contribution in [3.05, 3.63) is 124 Å². The molecule has 9 rings (SSSR count). The van der Waals surface area contributed by atoms with Gasteiger partial charge in [-0.15, -0.1) is 0 Å². The summed E-state index contributed by atoms with van der Waals surface area (Å²) in [7, 11) is 0. The van der Waals surface area contributed by atoms with Gasteiger partial charge in [0.25, 0.3) is 0 Å². The molecule has 0 spiro atoms. The molecule has 0 saturated carbocycles. The minimum absolute atomic E-state index is 0.452. The van der Waals surface area contributed by atoms with Gasteiger partial charge >= 0.3 is 0 Å². The van der Waals surface area contributed by atoms with Crippen LogP contribution in [0.1, 0.15) is 65.0 Å². The van der Waals surface area contributed by atoms with Crippen molar-refractivity contribution in [1.29, 1.82) is 0 Å². The summed E-state index contributed by atoms with van der Waals surface area (Å²) in [5.41, 5.74) is 10.4. The quantitative estimate of drug-likeness (QED) is 0.294. The van der Waals surface area contributed by atoms with E-state index in [-0.39, 0.29) is 0 Å². The average molecular weight is 415 g/mol. The Kier molecular flexibility index (Phi) is 4.95. The molecule has 0 amide bonds. The fourth-order valence-electron chi connectivity index (χ4n) is 5.94. The number of rotatable bonds is 1. The normalized spacial score (nSPS) is 20.2. The Bertz CT molecular complexity index is 1310. The second-order valence-corrected chi connectivity index (χ2v) is 9.74. The van der Waals surface area contributed by atoms with Crippen molar-refractivity contribution in [3.63, 3.8) is 0 Å². The largest absolute Gasteiger partial charge is 0.0619 e. The van der Waals surface area contributed by atoms with Crippen LogP contribution < -0.4 is 0 Å². The smallest absolute Gasteiger partial charge is 0.00605 e. The molecule has 0 aromatic heterocycles. The maximum absolute atomic E-state index is 2.46. The van der Waals surface area contributed by atoms with Crippen LogP contribution >= 0.6 is 0 Å². The van der Waals surface area contributed by atoms with Gasteiger partial charge in [-0.2, -0.15) is 0 Å². The molecule has 0 radical (unpaired) electrons. The topological polar surface area (TPSA) is 0 Å². The number of benzene rings is 4. The number of aryl methyl sites for hydroxylation is 2. The first-order chi connectivity index (χ1) is 15.8. The summed E-state index contributed by atoms with van der Waals surface area (Å²) in [6.45, 7) is 2.43. The highest BCUT2D eigenvalue weighted by molar-refractivity contribution is 5.89. The molecule has 5 aliphatic carbocycles. The second kappa shape index (κ2) is 8.10. The molecule has 4 aromatic rings. The Hall–Kier alpha value is -3.12. The predicted octanol–water partition coefficient (Wildman–Crippen LogP) is 8.25. The highest BCUT2D eigenvalue weighted by Gasteiger charge is 2.25. The molecule has 0 fully saturated rings. The SMILES string of the molecule is C[C@@H]1C[C@H](C2=Cc3ccccc3C2)c2ccc(cc2)CCCc2ccc1c1ccccc21.